The maximum atomic E-state index is 12.6. The van der Waals surface area contributed by atoms with Crippen molar-refractivity contribution in [2.24, 2.45) is 0 Å². The minimum Gasteiger partial charge on any atom is -0.489 e. The van der Waals surface area contributed by atoms with E-state index in [2.05, 4.69) is 16.9 Å². The van der Waals surface area contributed by atoms with Crippen LogP contribution in [0.3, 0.4) is 0 Å². The van der Waals surface area contributed by atoms with Crippen molar-refractivity contribution in [3.8, 4) is 22.6 Å². The molecule has 42 heavy (non-hydrogen) atoms. The van der Waals surface area contributed by atoms with Crippen molar-refractivity contribution in [2.75, 3.05) is 37.8 Å². The van der Waals surface area contributed by atoms with E-state index in [1.165, 1.54) is 17.7 Å². The molecule has 0 atom stereocenters. The second kappa shape index (κ2) is 15.5. The molecule has 0 aliphatic rings. The van der Waals surface area contributed by atoms with Crippen LogP contribution in [-0.2, 0) is 20.7 Å². The summed E-state index contributed by atoms with van der Waals surface area (Å²) in [6.45, 7) is 9.20. The minimum atomic E-state index is -4.77. The Labute approximate surface area is 246 Å². The number of benzene rings is 3. The van der Waals surface area contributed by atoms with Crippen LogP contribution in [0.5, 0.6) is 11.5 Å². The van der Waals surface area contributed by atoms with Crippen molar-refractivity contribution in [1.82, 2.24) is 0 Å². The Balaban J connectivity index is 1.87. The van der Waals surface area contributed by atoms with Crippen LogP contribution in [0.2, 0.25) is 0 Å². The van der Waals surface area contributed by atoms with E-state index >= 15 is 0 Å². The highest BCUT2D eigenvalue weighted by Gasteiger charge is 2.31. The van der Waals surface area contributed by atoms with Gasteiger partial charge in [0.25, 0.3) is 0 Å². The molecule has 3 rings (SSSR count). The first-order chi connectivity index (χ1) is 19.9. The number of esters is 1. The van der Waals surface area contributed by atoms with Gasteiger partial charge < -0.3 is 23.8 Å². The van der Waals surface area contributed by atoms with Gasteiger partial charge in [-0.15, -0.1) is 13.2 Å². The van der Waals surface area contributed by atoms with E-state index < -0.39 is 6.36 Å². The molecule has 0 saturated carbocycles. The Morgan fingerprint density at radius 2 is 1.55 bits per heavy atom. The van der Waals surface area contributed by atoms with Crippen LogP contribution in [0.1, 0.15) is 46.1 Å². The zero-order valence-corrected chi connectivity index (χ0v) is 24.7. The lowest BCUT2D eigenvalue weighted by Gasteiger charge is -2.27. The molecule has 0 aliphatic carbocycles. The third kappa shape index (κ3) is 11.6. The van der Waals surface area contributed by atoms with E-state index in [1.807, 2.05) is 62.1 Å². The summed E-state index contributed by atoms with van der Waals surface area (Å²) in [7, 11) is 0. The van der Waals surface area contributed by atoms with Gasteiger partial charge in [-0.1, -0.05) is 48.5 Å². The second-order valence-corrected chi connectivity index (χ2v) is 10.7. The van der Waals surface area contributed by atoms with Crippen LogP contribution < -0.4 is 14.4 Å². The molecule has 0 N–H and O–H groups in total. The van der Waals surface area contributed by atoms with Gasteiger partial charge in [-0.25, -0.2) is 0 Å². The number of carbonyl (C=O) groups is 1. The van der Waals surface area contributed by atoms with Crippen molar-refractivity contribution in [2.45, 2.75) is 58.9 Å². The molecule has 9 heteroatoms. The van der Waals surface area contributed by atoms with Gasteiger partial charge in [0.15, 0.2) is 0 Å². The van der Waals surface area contributed by atoms with Gasteiger partial charge in [0.2, 0.25) is 0 Å². The number of carbonyl (C=O) groups excluding carboxylic acids is 1. The standard InChI is InChI=1S/C33H40F3NO5/c1-5-39-31(38)24-37(20-10-9-13-25-11-7-6-8-12-25)29-23-27(16-19-30(29)40-21-22-41-32(2,3)4)26-14-17-28(18-15-26)42-33(34,35)36/h6-8,11-12,14-19,23H,5,9-10,13,20-22,24H2,1-4H3. The molecule has 0 spiro atoms. The Kier molecular flexibility index (Phi) is 12.1. The third-order valence-electron chi connectivity index (χ3n) is 6.21. The van der Waals surface area contributed by atoms with Gasteiger partial charge in [-0.05, 0) is 87.9 Å². The van der Waals surface area contributed by atoms with E-state index in [1.54, 1.807) is 19.1 Å². The molecule has 3 aromatic carbocycles. The number of alkyl halides is 3. The number of rotatable bonds is 15. The summed E-state index contributed by atoms with van der Waals surface area (Å²) in [6.07, 6.45) is -2.12. The summed E-state index contributed by atoms with van der Waals surface area (Å²) in [5.74, 6) is -0.0881. The smallest absolute Gasteiger partial charge is 0.489 e. The molecule has 0 unspecified atom stereocenters. The van der Waals surface area contributed by atoms with Crippen LogP contribution in [-0.4, -0.2) is 50.8 Å². The van der Waals surface area contributed by atoms with Crippen molar-refractivity contribution in [3.05, 3.63) is 78.4 Å². The highest BCUT2D eigenvalue weighted by Crippen LogP contribution is 2.35. The Bertz CT molecular complexity index is 1240. The van der Waals surface area contributed by atoms with Crippen LogP contribution in [0, 0.1) is 0 Å². The molecule has 0 heterocycles. The zero-order valence-electron chi connectivity index (χ0n) is 24.7. The Hall–Kier alpha value is -3.72. The van der Waals surface area contributed by atoms with Crippen LogP contribution in [0.25, 0.3) is 11.1 Å². The van der Waals surface area contributed by atoms with E-state index in [-0.39, 0.29) is 30.5 Å². The summed E-state index contributed by atoms with van der Waals surface area (Å²) in [5.41, 5.74) is 3.06. The van der Waals surface area contributed by atoms with Crippen LogP contribution >= 0.6 is 0 Å². The summed E-state index contributed by atoms with van der Waals surface area (Å²) in [6, 6.07) is 21.4. The third-order valence-corrected chi connectivity index (χ3v) is 6.21. The number of anilines is 1. The molecule has 6 nitrogen and oxygen atoms in total. The normalized spacial score (nSPS) is 11.7. The van der Waals surface area contributed by atoms with Crippen molar-refractivity contribution in [1.29, 1.82) is 0 Å². The SMILES string of the molecule is CCOC(=O)CN(CCCCc1ccccc1)c1cc(-c2ccc(OC(F)(F)F)cc2)ccc1OCCOC(C)(C)C. The maximum Gasteiger partial charge on any atom is 0.573 e. The largest absolute Gasteiger partial charge is 0.573 e. The molecule has 228 valence electrons. The highest BCUT2D eigenvalue weighted by molar-refractivity contribution is 5.79. The number of nitrogens with zero attached hydrogens (tertiary/aromatic N) is 1. The first-order valence-corrected chi connectivity index (χ1v) is 14.1. The maximum absolute atomic E-state index is 12.6. The van der Waals surface area contributed by atoms with Crippen molar-refractivity contribution >= 4 is 11.7 Å². The van der Waals surface area contributed by atoms with Crippen LogP contribution in [0.15, 0.2) is 72.8 Å². The average Bonchev–Trinajstić information content (AvgIpc) is 2.93. The molecule has 0 radical (unpaired) electrons. The molecular weight excluding hydrogens is 547 g/mol. The summed E-state index contributed by atoms with van der Waals surface area (Å²) in [5, 5.41) is 0. The minimum absolute atomic E-state index is 0.0237. The fraction of sp³-hybridized carbons (Fsp3) is 0.424. The number of unbranched alkanes of at least 4 members (excludes halogenated alkanes) is 1. The fourth-order valence-corrected chi connectivity index (χ4v) is 4.34. The highest BCUT2D eigenvalue weighted by atomic mass is 19.4. The molecule has 0 bridgehead atoms. The summed E-state index contributed by atoms with van der Waals surface area (Å²) >= 11 is 0. The van der Waals surface area contributed by atoms with Crippen molar-refractivity contribution in [3.63, 3.8) is 0 Å². The lowest BCUT2D eigenvalue weighted by Crippen LogP contribution is -2.32. The Morgan fingerprint density at radius 1 is 0.857 bits per heavy atom. The molecule has 0 saturated heterocycles. The van der Waals surface area contributed by atoms with Gasteiger partial charge in [0, 0.05) is 6.54 Å². The monoisotopic (exact) mass is 587 g/mol. The number of halogens is 3. The summed E-state index contributed by atoms with van der Waals surface area (Å²) < 4.78 is 59.1. The predicted octanol–water partition coefficient (Wildman–Crippen LogP) is 7.84. The molecule has 0 amide bonds. The number of hydrogen-bond acceptors (Lipinski definition) is 6. The van der Waals surface area contributed by atoms with E-state index in [0.717, 1.165) is 24.8 Å². The lowest BCUT2D eigenvalue weighted by atomic mass is 10.0. The van der Waals surface area contributed by atoms with E-state index in [9.17, 15) is 18.0 Å². The quantitative estimate of drug-likeness (QED) is 0.133. The molecule has 0 aliphatic heterocycles. The lowest BCUT2D eigenvalue weighted by molar-refractivity contribution is -0.274. The first-order valence-electron chi connectivity index (χ1n) is 14.1. The molecule has 0 fully saturated rings. The first kappa shape index (κ1) is 32.8. The predicted molar refractivity (Wildman–Crippen MR) is 158 cm³/mol. The van der Waals surface area contributed by atoms with Gasteiger partial charge in [0.1, 0.15) is 24.7 Å². The van der Waals surface area contributed by atoms with Gasteiger partial charge >= 0.3 is 12.3 Å². The van der Waals surface area contributed by atoms with E-state index in [0.29, 0.717) is 36.8 Å². The van der Waals surface area contributed by atoms with E-state index in [4.69, 9.17) is 14.2 Å². The van der Waals surface area contributed by atoms with Crippen molar-refractivity contribution < 1.29 is 36.9 Å². The average molecular weight is 588 g/mol. The molecular formula is C33H40F3NO5. The molecule has 3 aromatic rings. The second-order valence-electron chi connectivity index (χ2n) is 10.7. The van der Waals surface area contributed by atoms with Gasteiger partial charge in [-0.2, -0.15) is 0 Å². The number of aryl methyl sites for hydroxylation is 1. The summed E-state index contributed by atoms with van der Waals surface area (Å²) in [4.78, 5) is 14.6. The fourth-order valence-electron chi connectivity index (χ4n) is 4.34. The topological polar surface area (TPSA) is 57.2 Å². The van der Waals surface area contributed by atoms with Crippen LogP contribution in [0.4, 0.5) is 18.9 Å². The number of ether oxygens (including phenoxy) is 4. The van der Waals surface area contributed by atoms with Gasteiger partial charge in [-0.3, -0.25) is 4.79 Å². The van der Waals surface area contributed by atoms with Gasteiger partial charge in [0.05, 0.1) is 24.5 Å². The zero-order chi connectivity index (χ0) is 30.6. The Morgan fingerprint density at radius 3 is 2.19 bits per heavy atom. The number of hydrogen-bond donors (Lipinski definition) is 0. The molecule has 0 aromatic heterocycles.